The van der Waals surface area contributed by atoms with Crippen LogP contribution in [0.5, 0.6) is 0 Å². The minimum atomic E-state index is -4.11. The molecule has 0 N–H and O–H groups in total. The van der Waals surface area contributed by atoms with Gasteiger partial charge in [-0.15, -0.1) is 4.40 Å². The molecular formula is C14H15ClN4O4S. The Morgan fingerprint density at radius 1 is 1.42 bits per heavy atom. The molecule has 0 unspecified atom stereocenters. The zero-order valence-electron chi connectivity index (χ0n) is 13.2. The molecule has 0 radical (unpaired) electrons. The average molecular weight is 371 g/mol. The lowest BCUT2D eigenvalue weighted by atomic mass is 10.2. The first-order chi connectivity index (χ1) is 11.3. The molecule has 0 amide bonds. The second-order valence-corrected chi connectivity index (χ2v) is 6.89. The highest BCUT2D eigenvalue weighted by Crippen LogP contribution is 2.26. The molecule has 0 aliphatic carbocycles. The van der Waals surface area contributed by atoms with Crippen molar-refractivity contribution in [3.8, 4) is 0 Å². The van der Waals surface area contributed by atoms with Crippen LogP contribution in [0, 0.1) is 0 Å². The summed E-state index contributed by atoms with van der Waals surface area (Å²) in [4.78, 5) is 16.2. The summed E-state index contributed by atoms with van der Waals surface area (Å²) in [5.74, 6) is 0. The third-order valence-electron chi connectivity index (χ3n) is 2.80. The summed E-state index contributed by atoms with van der Waals surface area (Å²) in [5.41, 5.74) is 0.391. The Hall–Kier alpha value is -2.26. The molecular weight excluding hydrogens is 356 g/mol. The van der Waals surface area contributed by atoms with Gasteiger partial charge in [-0.25, -0.2) is 4.98 Å². The molecule has 0 aliphatic heterocycles. The van der Waals surface area contributed by atoms with Crippen molar-refractivity contribution in [2.45, 2.75) is 25.7 Å². The number of nitrogens with zero attached hydrogens (tertiary/aromatic N) is 4. The lowest BCUT2D eigenvalue weighted by molar-refractivity contribution is 0.344. The van der Waals surface area contributed by atoms with E-state index in [-0.39, 0.29) is 27.4 Å². The number of hydrogen-bond acceptors (Lipinski definition) is 6. The van der Waals surface area contributed by atoms with Crippen molar-refractivity contribution in [1.29, 1.82) is 0 Å². The first-order valence-electron chi connectivity index (χ1n) is 6.89. The maximum atomic E-state index is 12.4. The van der Waals surface area contributed by atoms with E-state index in [1.807, 2.05) is 0 Å². The number of benzene rings is 1. The van der Waals surface area contributed by atoms with Gasteiger partial charge in [-0.3, -0.25) is 4.79 Å². The first kappa shape index (κ1) is 18.1. The van der Waals surface area contributed by atoms with Crippen LogP contribution in [0.15, 0.2) is 37.6 Å². The standard InChI is InChI=1S/C14H15ClN4O4S/c1-4-23-8-17-24(21,22)13-5-10-12(6-11(13)15)16-7-19(14(10)20)18-9(2)3/h5-8H,4H2,1-3H3. The monoisotopic (exact) mass is 370 g/mol. The Balaban J connectivity index is 2.69. The van der Waals surface area contributed by atoms with E-state index in [1.165, 1.54) is 12.4 Å². The van der Waals surface area contributed by atoms with Gasteiger partial charge < -0.3 is 4.74 Å². The maximum Gasteiger partial charge on any atom is 0.286 e. The van der Waals surface area contributed by atoms with Crippen LogP contribution < -0.4 is 5.56 Å². The fourth-order valence-corrected chi connectivity index (χ4v) is 3.13. The Bertz CT molecular complexity index is 992. The number of ether oxygens (including phenoxy) is 1. The van der Waals surface area contributed by atoms with Crippen LogP contribution in [0.4, 0.5) is 0 Å². The van der Waals surface area contributed by atoms with Crippen molar-refractivity contribution in [2.24, 2.45) is 9.50 Å². The zero-order valence-corrected chi connectivity index (χ0v) is 14.8. The number of rotatable bonds is 5. The number of halogens is 1. The van der Waals surface area contributed by atoms with Crippen molar-refractivity contribution in [3.63, 3.8) is 0 Å². The normalized spacial score (nSPS) is 11.8. The molecule has 128 valence electrons. The Labute approximate surface area is 143 Å². The van der Waals surface area contributed by atoms with Crippen molar-refractivity contribution >= 4 is 44.6 Å². The van der Waals surface area contributed by atoms with Gasteiger partial charge in [0.2, 0.25) is 0 Å². The summed E-state index contributed by atoms with van der Waals surface area (Å²) in [6.45, 7) is 5.40. The summed E-state index contributed by atoms with van der Waals surface area (Å²) in [5, 5.41) is 3.99. The number of sulfonamides is 1. The second-order valence-electron chi connectivity index (χ2n) is 4.88. The minimum absolute atomic E-state index is 0.0667. The lowest BCUT2D eigenvalue weighted by Crippen LogP contribution is -2.18. The predicted molar refractivity (Wildman–Crippen MR) is 92.5 cm³/mol. The summed E-state index contributed by atoms with van der Waals surface area (Å²) in [6, 6.07) is 2.44. The van der Waals surface area contributed by atoms with Crippen molar-refractivity contribution in [3.05, 3.63) is 33.8 Å². The van der Waals surface area contributed by atoms with E-state index in [4.69, 9.17) is 16.3 Å². The average Bonchev–Trinajstić information content (AvgIpc) is 2.49. The van der Waals surface area contributed by atoms with Gasteiger partial charge in [-0.05, 0) is 32.9 Å². The predicted octanol–water partition coefficient (Wildman–Crippen LogP) is 2.05. The summed E-state index contributed by atoms with van der Waals surface area (Å²) >= 11 is 6.01. The third-order valence-corrected chi connectivity index (χ3v) is 4.49. The molecule has 0 saturated carbocycles. The Morgan fingerprint density at radius 3 is 2.75 bits per heavy atom. The van der Waals surface area contributed by atoms with Crippen LogP contribution in [0.25, 0.3) is 10.9 Å². The third kappa shape index (κ3) is 3.80. The van der Waals surface area contributed by atoms with Gasteiger partial charge in [0.25, 0.3) is 15.6 Å². The van der Waals surface area contributed by atoms with Crippen LogP contribution in [0.1, 0.15) is 20.8 Å². The second kappa shape index (κ2) is 7.10. The topological polar surface area (TPSA) is 103 Å². The lowest BCUT2D eigenvalue weighted by Gasteiger charge is -2.06. The van der Waals surface area contributed by atoms with E-state index >= 15 is 0 Å². The quantitative estimate of drug-likeness (QED) is 0.591. The molecule has 10 heteroatoms. The maximum absolute atomic E-state index is 12.4. The molecule has 1 aromatic carbocycles. The number of fused-ring (bicyclic) bond motifs is 1. The highest BCUT2D eigenvalue weighted by atomic mass is 35.5. The van der Waals surface area contributed by atoms with Crippen LogP contribution >= 0.6 is 11.6 Å². The molecule has 2 rings (SSSR count). The molecule has 1 aromatic heterocycles. The minimum Gasteiger partial charge on any atom is -0.483 e. The zero-order chi connectivity index (χ0) is 17.9. The van der Waals surface area contributed by atoms with Crippen molar-refractivity contribution in [2.75, 3.05) is 6.61 Å². The van der Waals surface area contributed by atoms with E-state index < -0.39 is 15.6 Å². The summed E-state index contributed by atoms with van der Waals surface area (Å²) in [7, 11) is -4.11. The van der Waals surface area contributed by atoms with Crippen molar-refractivity contribution in [1.82, 2.24) is 9.66 Å². The van der Waals surface area contributed by atoms with Gasteiger partial charge >= 0.3 is 0 Å². The SMILES string of the molecule is CCOC=NS(=O)(=O)c1cc2c(=O)n(N=C(C)C)cnc2cc1Cl. The molecule has 1 heterocycles. The van der Waals surface area contributed by atoms with Gasteiger partial charge in [0.1, 0.15) is 11.2 Å². The molecule has 0 aliphatic rings. The van der Waals surface area contributed by atoms with E-state index in [1.54, 1.807) is 20.8 Å². The molecule has 0 saturated heterocycles. The highest BCUT2D eigenvalue weighted by Gasteiger charge is 2.19. The van der Waals surface area contributed by atoms with Gasteiger partial charge in [0.15, 0.2) is 6.40 Å². The fourth-order valence-electron chi connectivity index (χ4n) is 1.82. The Kier molecular flexibility index (Phi) is 5.35. The van der Waals surface area contributed by atoms with E-state index in [9.17, 15) is 13.2 Å². The molecule has 24 heavy (non-hydrogen) atoms. The van der Waals surface area contributed by atoms with Crippen LogP contribution in [0.2, 0.25) is 5.02 Å². The fraction of sp³-hybridized carbons (Fsp3) is 0.286. The van der Waals surface area contributed by atoms with Crippen LogP contribution in [-0.4, -0.2) is 36.8 Å². The van der Waals surface area contributed by atoms with E-state index in [0.717, 1.165) is 17.1 Å². The van der Waals surface area contributed by atoms with Crippen LogP contribution in [-0.2, 0) is 14.8 Å². The molecule has 0 fully saturated rings. The smallest absolute Gasteiger partial charge is 0.286 e. The van der Waals surface area contributed by atoms with Crippen LogP contribution in [0.3, 0.4) is 0 Å². The van der Waals surface area contributed by atoms with Crippen molar-refractivity contribution < 1.29 is 13.2 Å². The summed E-state index contributed by atoms with van der Waals surface area (Å²) < 4.78 is 33.6. The summed E-state index contributed by atoms with van der Waals surface area (Å²) in [6.07, 6.45) is 2.07. The van der Waals surface area contributed by atoms with E-state index in [2.05, 4.69) is 14.5 Å². The van der Waals surface area contributed by atoms with Gasteiger partial charge in [0, 0.05) is 5.71 Å². The number of aromatic nitrogens is 2. The Morgan fingerprint density at radius 2 is 2.12 bits per heavy atom. The van der Waals surface area contributed by atoms with Gasteiger partial charge in [-0.1, -0.05) is 11.6 Å². The first-order valence-corrected chi connectivity index (χ1v) is 8.71. The largest absolute Gasteiger partial charge is 0.483 e. The van der Waals surface area contributed by atoms with E-state index in [0.29, 0.717) is 5.71 Å². The highest BCUT2D eigenvalue weighted by molar-refractivity contribution is 7.90. The van der Waals surface area contributed by atoms with Gasteiger partial charge in [0.05, 0.1) is 22.5 Å². The number of hydrogen-bond donors (Lipinski definition) is 0. The molecule has 0 spiro atoms. The van der Waals surface area contributed by atoms with Gasteiger partial charge in [-0.2, -0.15) is 18.2 Å². The molecule has 0 atom stereocenters. The molecule has 2 aromatic rings. The molecule has 0 bridgehead atoms. The molecule has 8 nitrogen and oxygen atoms in total.